The molecule has 12 rings (SSSR count). The zero-order chi connectivity index (χ0) is 31.4. The lowest BCUT2D eigenvalue weighted by molar-refractivity contribution is 0.000167. The standard InChI is InChI=1S/3C10H17N.2H2O4S/c3*11-10-4-7-1-8(5-10)3-9(2-7)6-10;2*1-5(2,3)4/h3*7-9H,1-6,11H2;2*(H2,1,2,3,4). The summed E-state index contributed by atoms with van der Waals surface area (Å²) in [6, 6.07) is 0. The Morgan fingerprint density at radius 3 is 0.512 bits per heavy atom. The van der Waals surface area contributed by atoms with Gasteiger partial charge in [-0.15, -0.1) is 0 Å². The molecule has 12 aliphatic carbocycles. The fraction of sp³-hybridized carbons (Fsp3) is 1.00. The van der Waals surface area contributed by atoms with E-state index < -0.39 is 20.8 Å². The molecule has 12 saturated carbocycles. The Bertz CT molecular complexity index is 956. The first-order valence-electron chi connectivity index (χ1n) is 16.5. The molecule has 0 radical (unpaired) electrons. The van der Waals surface area contributed by atoms with Crippen molar-refractivity contribution in [2.45, 2.75) is 132 Å². The molecule has 0 aliphatic heterocycles. The van der Waals surface area contributed by atoms with Crippen molar-refractivity contribution < 1.29 is 35.0 Å². The highest BCUT2D eigenvalue weighted by atomic mass is 32.3. The van der Waals surface area contributed by atoms with E-state index in [0.717, 1.165) is 53.3 Å². The van der Waals surface area contributed by atoms with Gasteiger partial charge in [0.15, 0.2) is 0 Å². The van der Waals surface area contributed by atoms with Crippen LogP contribution < -0.4 is 17.2 Å². The smallest absolute Gasteiger partial charge is 0.325 e. The van der Waals surface area contributed by atoms with Crippen LogP contribution >= 0.6 is 0 Å². The Labute approximate surface area is 258 Å². The van der Waals surface area contributed by atoms with Crippen LogP contribution in [0.5, 0.6) is 0 Å². The number of hydrogen-bond donors (Lipinski definition) is 7. The lowest BCUT2D eigenvalue weighted by atomic mass is 9.53. The second-order valence-corrected chi connectivity index (χ2v) is 18.5. The van der Waals surface area contributed by atoms with Crippen LogP contribution in [0.15, 0.2) is 0 Å². The van der Waals surface area contributed by atoms with Gasteiger partial charge in [0.1, 0.15) is 0 Å². The van der Waals surface area contributed by atoms with Gasteiger partial charge < -0.3 is 17.2 Å². The number of hydrogen-bond acceptors (Lipinski definition) is 7. The van der Waals surface area contributed by atoms with Crippen molar-refractivity contribution in [1.82, 2.24) is 0 Å². The van der Waals surface area contributed by atoms with E-state index in [2.05, 4.69) is 0 Å². The minimum absolute atomic E-state index is 0.300. The van der Waals surface area contributed by atoms with Crippen molar-refractivity contribution in [3.63, 3.8) is 0 Å². The SMILES string of the molecule is NC12CC3CC(CC(C3)C1)C2.NC12CC3CC(CC(C3)C1)C2.NC12CC3CC(CC(C3)C1)C2.O=S(=O)(O)O.O=S(=O)(O)O. The predicted molar refractivity (Wildman–Crippen MR) is 164 cm³/mol. The van der Waals surface area contributed by atoms with Crippen LogP contribution in [0.3, 0.4) is 0 Å². The molecule has 250 valence electrons. The minimum Gasteiger partial charge on any atom is -0.325 e. The average Bonchev–Trinajstić information content (AvgIpc) is 2.72. The van der Waals surface area contributed by atoms with Gasteiger partial charge in [0, 0.05) is 16.6 Å². The molecule has 0 aromatic carbocycles. The lowest BCUT2D eigenvalue weighted by Gasteiger charge is -2.55. The Balaban J connectivity index is 0.000000112. The van der Waals surface area contributed by atoms with E-state index in [1.807, 2.05) is 0 Å². The molecule has 13 heteroatoms. The summed E-state index contributed by atoms with van der Waals surface area (Å²) in [5.74, 6) is 9.18. The van der Waals surface area contributed by atoms with Crippen LogP contribution in [0.1, 0.15) is 116 Å². The largest absolute Gasteiger partial charge is 0.394 e. The second-order valence-electron chi connectivity index (χ2n) is 16.7. The van der Waals surface area contributed by atoms with Gasteiger partial charge in [0.2, 0.25) is 0 Å². The van der Waals surface area contributed by atoms with Crippen LogP contribution in [-0.4, -0.2) is 51.7 Å². The molecular weight excluding hydrogens is 594 g/mol. The van der Waals surface area contributed by atoms with Gasteiger partial charge in [-0.05, 0) is 169 Å². The molecule has 43 heavy (non-hydrogen) atoms. The van der Waals surface area contributed by atoms with E-state index in [1.54, 1.807) is 0 Å². The van der Waals surface area contributed by atoms with Crippen molar-refractivity contribution in [3.8, 4) is 0 Å². The van der Waals surface area contributed by atoms with E-state index in [4.69, 9.17) is 52.2 Å². The Morgan fingerprint density at radius 1 is 0.349 bits per heavy atom. The quantitative estimate of drug-likeness (QED) is 0.181. The van der Waals surface area contributed by atoms with Crippen molar-refractivity contribution in [3.05, 3.63) is 0 Å². The van der Waals surface area contributed by atoms with Crippen LogP contribution in [0.4, 0.5) is 0 Å². The summed E-state index contributed by atoms with van der Waals surface area (Å²) < 4.78 is 63.2. The Morgan fingerprint density at radius 2 is 0.442 bits per heavy atom. The summed E-state index contributed by atoms with van der Waals surface area (Å²) in [6.45, 7) is 0. The molecule has 0 aromatic rings. The fourth-order valence-electron chi connectivity index (χ4n) is 12.5. The predicted octanol–water partition coefficient (Wildman–Crippen LogP) is 4.44. The van der Waals surface area contributed by atoms with E-state index in [9.17, 15) is 0 Å². The maximum atomic E-state index is 8.74. The van der Waals surface area contributed by atoms with Gasteiger partial charge in [0.05, 0.1) is 0 Å². The first-order valence-corrected chi connectivity index (χ1v) is 19.3. The molecule has 11 nitrogen and oxygen atoms in total. The van der Waals surface area contributed by atoms with Gasteiger partial charge in [-0.25, -0.2) is 0 Å². The molecule has 0 spiro atoms. The van der Waals surface area contributed by atoms with E-state index >= 15 is 0 Å². The van der Waals surface area contributed by atoms with Crippen molar-refractivity contribution in [2.24, 2.45) is 70.5 Å². The molecule has 0 amide bonds. The molecule has 0 aromatic heterocycles. The third-order valence-corrected chi connectivity index (χ3v) is 12.3. The van der Waals surface area contributed by atoms with Gasteiger partial charge in [-0.1, -0.05) is 0 Å². The van der Waals surface area contributed by atoms with E-state index in [1.165, 1.54) is 116 Å². The summed E-state index contributed by atoms with van der Waals surface area (Å²) in [5.41, 5.74) is 19.9. The van der Waals surface area contributed by atoms with Gasteiger partial charge in [-0.2, -0.15) is 16.8 Å². The molecule has 0 saturated heterocycles. The van der Waals surface area contributed by atoms with E-state index in [-0.39, 0.29) is 0 Å². The molecule has 0 heterocycles. The molecule has 12 aliphatic rings. The van der Waals surface area contributed by atoms with E-state index in [0.29, 0.717) is 16.6 Å². The van der Waals surface area contributed by atoms with Gasteiger partial charge in [0.25, 0.3) is 0 Å². The van der Waals surface area contributed by atoms with Crippen molar-refractivity contribution in [1.29, 1.82) is 0 Å². The summed E-state index contributed by atoms with van der Waals surface area (Å²) in [7, 11) is -9.33. The molecule has 10 N–H and O–H groups in total. The Hall–Kier alpha value is -0.380. The van der Waals surface area contributed by atoms with Crippen LogP contribution in [0.2, 0.25) is 0 Å². The summed E-state index contributed by atoms with van der Waals surface area (Å²) in [6.07, 6.45) is 25.7. The molecule has 0 atom stereocenters. The van der Waals surface area contributed by atoms with Gasteiger partial charge >= 0.3 is 20.8 Å². The van der Waals surface area contributed by atoms with Crippen LogP contribution in [-0.2, 0) is 20.8 Å². The maximum absolute atomic E-state index is 8.74. The second kappa shape index (κ2) is 12.3. The fourth-order valence-corrected chi connectivity index (χ4v) is 12.5. The summed E-state index contributed by atoms with van der Waals surface area (Å²) in [5, 5.41) is 0. The zero-order valence-electron chi connectivity index (χ0n) is 25.4. The third-order valence-electron chi connectivity index (χ3n) is 12.3. The lowest BCUT2D eigenvalue weighted by Crippen LogP contribution is -2.55. The topological polar surface area (TPSA) is 227 Å². The monoisotopic (exact) mass is 649 g/mol. The normalized spacial score (nSPS) is 49.0. The first-order chi connectivity index (χ1) is 19.7. The van der Waals surface area contributed by atoms with Crippen molar-refractivity contribution >= 4 is 20.8 Å². The highest BCUT2D eigenvalue weighted by molar-refractivity contribution is 7.80. The van der Waals surface area contributed by atoms with Gasteiger partial charge in [-0.3, -0.25) is 18.2 Å². The molecule has 12 fully saturated rings. The van der Waals surface area contributed by atoms with Crippen LogP contribution in [0.25, 0.3) is 0 Å². The molecule has 0 unspecified atom stereocenters. The maximum Gasteiger partial charge on any atom is 0.394 e. The highest BCUT2D eigenvalue weighted by Gasteiger charge is 2.50. The summed E-state index contributed by atoms with van der Waals surface area (Å²) in [4.78, 5) is 0. The number of nitrogens with two attached hydrogens (primary N) is 3. The summed E-state index contributed by atoms with van der Waals surface area (Å²) >= 11 is 0. The molecular formula is C30H55N3O8S2. The highest BCUT2D eigenvalue weighted by Crippen LogP contribution is 2.56. The van der Waals surface area contributed by atoms with Crippen molar-refractivity contribution in [2.75, 3.05) is 0 Å². The van der Waals surface area contributed by atoms with Crippen LogP contribution in [0, 0.1) is 53.3 Å². The first kappa shape index (κ1) is 34.0. The minimum atomic E-state index is -4.67. The zero-order valence-corrected chi connectivity index (χ0v) is 27.0. The average molecular weight is 650 g/mol. The molecule has 12 bridgehead atoms. The third kappa shape index (κ3) is 10.1. The number of rotatable bonds is 0. The Kier molecular flexibility index (Phi) is 9.74.